The molecule has 2 aromatic rings. The first kappa shape index (κ1) is 15.0. The average molecular weight is 340 g/mol. The van der Waals surface area contributed by atoms with Gasteiger partial charge in [-0.3, -0.25) is 0 Å². The standard InChI is InChI=1S/C14H18BrN3O2/c1-4-7-16-14-12(15)10(8-19-3)17-13(18-14)11-6-5-9(2)20-11/h5-6H,4,7-8H2,1-3H3,(H,16,17,18). The molecule has 0 radical (unpaired) electrons. The molecule has 2 heterocycles. The molecule has 0 spiro atoms. The number of nitrogens with zero attached hydrogens (tertiary/aromatic N) is 2. The fraction of sp³-hybridized carbons (Fsp3) is 0.429. The Hall–Kier alpha value is -1.40. The number of aromatic nitrogens is 2. The molecule has 0 amide bonds. The second-order valence-electron chi connectivity index (χ2n) is 4.43. The number of hydrogen-bond acceptors (Lipinski definition) is 5. The molecule has 0 saturated carbocycles. The van der Waals surface area contributed by atoms with Crippen LogP contribution in [0.4, 0.5) is 5.82 Å². The molecule has 1 N–H and O–H groups in total. The summed E-state index contributed by atoms with van der Waals surface area (Å²) >= 11 is 3.53. The van der Waals surface area contributed by atoms with Crippen molar-refractivity contribution >= 4 is 21.7 Å². The predicted molar refractivity (Wildman–Crippen MR) is 81.7 cm³/mol. The van der Waals surface area contributed by atoms with Gasteiger partial charge in [-0.05, 0) is 41.4 Å². The van der Waals surface area contributed by atoms with Gasteiger partial charge in [-0.1, -0.05) is 6.92 Å². The van der Waals surface area contributed by atoms with E-state index >= 15 is 0 Å². The molecule has 0 bridgehead atoms. The molecule has 0 fully saturated rings. The summed E-state index contributed by atoms with van der Waals surface area (Å²) in [5, 5.41) is 3.28. The number of hydrogen-bond donors (Lipinski definition) is 1. The van der Waals surface area contributed by atoms with Crippen LogP contribution in [0, 0.1) is 6.92 Å². The van der Waals surface area contributed by atoms with E-state index in [-0.39, 0.29) is 0 Å². The van der Waals surface area contributed by atoms with Gasteiger partial charge in [0, 0.05) is 13.7 Å². The molecule has 108 valence electrons. The normalized spacial score (nSPS) is 10.8. The molecule has 0 aliphatic heterocycles. The van der Waals surface area contributed by atoms with Crippen LogP contribution in [-0.2, 0) is 11.3 Å². The van der Waals surface area contributed by atoms with Gasteiger partial charge >= 0.3 is 0 Å². The van der Waals surface area contributed by atoms with Gasteiger partial charge in [-0.15, -0.1) is 0 Å². The summed E-state index contributed by atoms with van der Waals surface area (Å²) in [5.41, 5.74) is 0.796. The van der Waals surface area contributed by atoms with Gasteiger partial charge in [0.25, 0.3) is 0 Å². The van der Waals surface area contributed by atoms with Gasteiger partial charge in [-0.2, -0.15) is 0 Å². The number of ether oxygens (including phenoxy) is 1. The molecular formula is C14H18BrN3O2. The van der Waals surface area contributed by atoms with Crippen LogP contribution in [-0.4, -0.2) is 23.6 Å². The lowest BCUT2D eigenvalue weighted by molar-refractivity contribution is 0.181. The number of aryl methyl sites for hydroxylation is 1. The van der Waals surface area contributed by atoms with E-state index in [0.717, 1.165) is 34.7 Å². The van der Waals surface area contributed by atoms with E-state index in [1.165, 1.54) is 0 Å². The zero-order chi connectivity index (χ0) is 14.5. The van der Waals surface area contributed by atoms with Crippen molar-refractivity contribution in [2.45, 2.75) is 26.9 Å². The zero-order valence-corrected chi connectivity index (χ0v) is 13.5. The molecule has 2 rings (SSSR count). The Kier molecular flexibility index (Phi) is 5.14. The van der Waals surface area contributed by atoms with E-state index in [9.17, 15) is 0 Å². The van der Waals surface area contributed by atoms with Crippen molar-refractivity contribution in [2.75, 3.05) is 19.0 Å². The quantitative estimate of drug-likeness (QED) is 0.867. The molecule has 20 heavy (non-hydrogen) atoms. The minimum atomic E-state index is 0.413. The van der Waals surface area contributed by atoms with Crippen LogP contribution >= 0.6 is 15.9 Å². The zero-order valence-electron chi connectivity index (χ0n) is 11.9. The SMILES string of the molecule is CCCNc1nc(-c2ccc(C)o2)nc(COC)c1Br. The monoisotopic (exact) mass is 339 g/mol. The molecule has 0 atom stereocenters. The van der Waals surface area contributed by atoms with E-state index in [2.05, 4.69) is 38.1 Å². The van der Waals surface area contributed by atoms with Gasteiger partial charge < -0.3 is 14.5 Å². The molecule has 2 aromatic heterocycles. The first-order chi connectivity index (χ1) is 9.65. The highest BCUT2D eigenvalue weighted by molar-refractivity contribution is 9.10. The van der Waals surface area contributed by atoms with Gasteiger partial charge in [-0.25, -0.2) is 9.97 Å². The van der Waals surface area contributed by atoms with E-state index in [0.29, 0.717) is 18.2 Å². The van der Waals surface area contributed by atoms with Crippen molar-refractivity contribution in [3.63, 3.8) is 0 Å². The van der Waals surface area contributed by atoms with Crippen molar-refractivity contribution in [2.24, 2.45) is 0 Å². The largest absolute Gasteiger partial charge is 0.458 e. The van der Waals surface area contributed by atoms with Crippen LogP contribution in [0.2, 0.25) is 0 Å². The summed E-state index contributed by atoms with van der Waals surface area (Å²) in [7, 11) is 1.64. The van der Waals surface area contributed by atoms with Crippen molar-refractivity contribution in [1.29, 1.82) is 0 Å². The molecule has 0 aromatic carbocycles. The third-order valence-corrected chi connectivity index (χ3v) is 3.54. The number of furan rings is 1. The number of nitrogens with one attached hydrogen (secondary N) is 1. The minimum absolute atomic E-state index is 0.413. The summed E-state index contributed by atoms with van der Waals surface area (Å²) < 4.78 is 11.6. The van der Waals surface area contributed by atoms with Crippen LogP contribution in [0.25, 0.3) is 11.6 Å². The lowest BCUT2D eigenvalue weighted by Gasteiger charge is -2.11. The first-order valence-electron chi connectivity index (χ1n) is 6.51. The topological polar surface area (TPSA) is 60.2 Å². The van der Waals surface area contributed by atoms with E-state index in [1.54, 1.807) is 7.11 Å². The Bertz CT molecular complexity index is 584. The maximum atomic E-state index is 5.59. The van der Waals surface area contributed by atoms with Crippen LogP contribution in [0.1, 0.15) is 24.8 Å². The Labute approximate surface area is 126 Å². The Morgan fingerprint density at radius 2 is 2.15 bits per heavy atom. The maximum absolute atomic E-state index is 5.59. The van der Waals surface area contributed by atoms with Gasteiger partial charge in [0.15, 0.2) is 11.6 Å². The van der Waals surface area contributed by atoms with Crippen molar-refractivity contribution in [3.05, 3.63) is 28.1 Å². The van der Waals surface area contributed by atoms with Crippen LogP contribution in [0.15, 0.2) is 21.0 Å². The number of rotatable bonds is 6. The molecule has 0 unspecified atom stereocenters. The van der Waals surface area contributed by atoms with Gasteiger partial charge in [0.1, 0.15) is 11.6 Å². The summed E-state index contributed by atoms with van der Waals surface area (Å²) in [6.45, 7) is 5.26. The Balaban J connectivity index is 2.43. The minimum Gasteiger partial charge on any atom is -0.458 e. The Morgan fingerprint density at radius 1 is 1.35 bits per heavy atom. The smallest absolute Gasteiger partial charge is 0.198 e. The van der Waals surface area contributed by atoms with Crippen molar-refractivity contribution in [3.8, 4) is 11.6 Å². The lowest BCUT2D eigenvalue weighted by atomic mass is 10.3. The summed E-state index contributed by atoms with van der Waals surface area (Å²) in [6, 6.07) is 3.77. The third-order valence-electron chi connectivity index (χ3n) is 2.70. The molecule has 6 heteroatoms. The summed E-state index contributed by atoms with van der Waals surface area (Å²) in [6.07, 6.45) is 1.02. The lowest BCUT2D eigenvalue weighted by Crippen LogP contribution is -2.07. The highest BCUT2D eigenvalue weighted by Crippen LogP contribution is 2.28. The second-order valence-corrected chi connectivity index (χ2v) is 5.22. The van der Waals surface area contributed by atoms with E-state index < -0.39 is 0 Å². The molecule has 0 aliphatic carbocycles. The maximum Gasteiger partial charge on any atom is 0.198 e. The first-order valence-corrected chi connectivity index (χ1v) is 7.31. The average Bonchev–Trinajstić information content (AvgIpc) is 2.86. The van der Waals surface area contributed by atoms with Crippen LogP contribution < -0.4 is 5.32 Å². The predicted octanol–water partition coefficient (Wildman–Crippen LogP) is 3.78. The fourth-order valence-corrected chi connectivity index (χ4v) is 2.18. The molecular weight excluding hydrogens is 322 g/mol. The molecule has 0 saturated heterocycles. The summed E-state index contributed by atoms with van der Waals surface area (Å²) in [5.74, 6) is 2.82. The second kappa shape index (κ2) is 6.85. The molecule has 5 nitrogen and oxygen atoms in total. The number of halogens is 1. The van der Waals surface area contributed by atoms with E-state index in [1.807, 2.05) is 19.1 Å². The molecule has 0 aliphatic rings. The van der Waals surface area contributed by atoms with Crippen LogP contribution in [0.3, 0.4) is 0 Å². The van der Waals surface area contributed by atoms with Gasteiger partial charge in [0.05, 0.1) is 16.8 Å². The van der Waals surface area contributed by atoms with Crippen molar-refractivity contribution < 1.29 is 9.15 Å². The highest BCUT2D eigenvalue weighted by atomic mass is 79.9. The highest BCUT2D eigenvalue weighted by Gasteiger charge is 2.15. The van der Waals surface area contributed by atoms with Crippen molar-refractivity contribution in [1.82, 2.24) is 9.97 Å². The fourth-order valence-electron chi connectivity index (χ4n) is 1.75. The number of methoxy groups -OCH3 is 1. The summed E-state index contributed by atoms with van der Waals surface area (Å²) in [4.78, 5) is 9.02. The van der Waals surface area contributed by atoms with Gasteiger partial charge in [0.2, 0.25) is 0 Å². The number of anilines is 1. The van der Waals surface area contributed by atoms with E-state index in [4.69, 9.17) is 9.15 Å². The van der Waals surface area contributed by atoms with Crippen LogP contribution in [0.5, 0.6) is 0 Å². The third kappa shape index (κ3) is 3.37. The Morgan fingerprint density at radius 3 is 2.75 bits per heavy atom.